The van der Waals surface area contributed by atoms with Crippen LogP contribution in [-0.4, -0.2) is 130 Å². The van der Waals surface area contributed by atoms with Crippen molar-refractivity contribution in [3.8, 4) is 0 Å². The molecule has 79 heavy (non-hydrogen) atoms. The Balaban J connectivity index is 0.000000179. The summed E-state index contributed by atoms with van der Waals surface area (Å²) in [5.74, 6) is 0.369. The van der Waals surface area contributed by atoms with Crippen molar-refractivity contribution in [2.24, 2.45) is 0 Å². The zero-order valence-corrected chi connectivity index (χ0v) is 43.3. The van der Waals surface area contributed by atoms with Crippen LogP contribution in [-0.2, 0) is 46.6 Å². The largest absolute Gasteiger partial charge is 0.756 e. The summed E-state index contributed by atoms with van der Waals surface area (Å²) >= 11 is 0. The topological polar surface area (TPSA) is 364 Å². The molecule has 4 fully saturated rings. The number of rotatable bonds is 17. The standard InChI is InChI=1S/C26H25N6O8P.C23H27N6O8P/c33-26(30-17-9-5-2-6-10-17)31-23-20-24(28-14-27-23)32(15-29-20)25-22-21(18(38-25)13-37-41(34,35)36)39-19(40-22)12-11-16-7-3-1-4-8-16;1-2-10-24-23(30)28-20-17-21(26-12-25-20)29(13-27-17)22-19-18(15(35-22)11-34-38(31,32)33)36-16(37-19)9-8-14-6-4-3-5-7-14/h1-12,14-15,18-19,21-22,25H,13H2,(H2,34,35,36)(H2,27,28,30,31,33);3-9,12-13,15-16,18-19,22H,2,10-11H2,1H3,(H2,31,32,33)(H2,24,25,26,28,30)/p-2/b12-11+;9-8+/t18-,19?,21?,22+,25-;15-,16?,18?,19+,22-/m11/s1. The van der Waals surface area contributed by atoms with Gasteiger partial charge in [0.15, 0.2) is 59.0 Å². The minimum absolute atomic E-state index is 0.163. The number of para-hydroxylation sites is 1. The van der Waals surface area contributed by atoms with E-state index in [1.165, 1.54) is 25.3 Å². The van der Waals surface area contributed by atoms with Gasteiger partial charge in [-0.3, -0.25) is 28.9 Å². The number of imidazole rings is 2. The Bertz CT molecular complexity index is 3390. The molecule has 0 saturated carbocycles. The van der Waals surface area contributed by atoms with Crippen LogP contribution in [0, 0.1) is 0 Å². The van der Waals surface area contributed by atoms with Crippen LogP contribution in [0.2, 0.25) is 0 Å². The van der Waals surface area contributed by atoms with Crippen LogP contribution in [0.15, 0.2) is 128 Å². The van der Waals surface area contributed by atoms with E-state index in [1.54, 1.807) is 45.6 Å². The van der Waals surface area contributed by atoms with E-state index in [4.69, 9.17) is 38.2 Å². The second kappa shape index (κ2) is 24.4. The van der Waals surface area contributed by atoms with Crippen molar-refractivity contribution in [2.45, 2.75) is 75.0 Å². The summed E-state index contributed by atoms with van der Waals surface area (Å²) in [6, 6.07) is 27.1. The molecule has 6 unspecified atom stereocenters. The predicted molar refractivity (Wildman–Crippen MR) is 274 cm³/mol. The number of hydrogen-bond donors (Lipinski definition) is 6. The molecule has 11 rings (SSSR count). The SMILES string of the molecule is CCCNC(=O)Nc1ncnc2c1ncn2[C@@H]1O[C@H](COP(=O)([O-])O)C2OC(/C=C/c3ccccc3)O[C@@H]21.O=C(Nc1ccccc1)Nc1ncnc2c1ncn2[C@@H]1O[C@H](COP(=O)([O-])O)C2OC(/C=C/c3ccccc3)O[C@@H]21. The number of fused-ring (bicyclic) bond motifs is 4. The Hall–Kier alpha value is -7.24. The van der Waals surface area contributed by atoms with Crippen LogP contribution in [0.4, 0.5) is 26.9 Å². The molecule has 8 heterocycles. The number of anilines is 3. The predicted octanol–water partition coefficient (Wildman–Crippen LogP) is 4.22. The van der Waals surface area contributed by atoms with Gasteiger partial charge in [0.1, 0.15) is 49.3 Å². The van der Waals surface area contributed by atoms with Crippen LogP contribution in [0.25, 0.3) is 34.5 Å². The molecule has 4 aliphatic rings. The summed E-state index contributed by atoms with van der Waals surface area (Å²) in [7, 11) is -10.0. The van der Waals surface area contributed by atoms with Gasteiger partial charge in [-0.2, -0.15) is 0 Å². The number of carbonyl (C=O) groups excluding carboxylic acids is 2. The maximum atomic E-state index is 12.6. The number of hydrogen-bond acceptors (Lipinski definition) is 20. The van der Waals surface area contributed by atoms with Gasteiger partial charge in [0.25, 0.3) is 15.6 Å². The first-order chi connectivity index (χ1) is 38.2. The fourth-order valence-corrected chi connectivity index (χ4v) is 9.57. The minimum atomic E-state index is -5.01. The van der Waals surface area contributed by atoms with Crippen LogP contribution in [0.5, 0.6) is 0 Å². The fraction of sp³-hybridized carbons (Fsp3) is 0.306. The summed E-state index contributed by atoms with van der Waals surface area (Å²) in [5.41, 5.74) is 3.75. The Morgan fingerprint density at radius 1 is 0.595 bits per heavy atom. The van der Waals surface area contributed by atoms with Crippen LogP contribution < -0.4 is 31.1 Å². The third-order valence-electron chi connectivity index (χ3n) is 12.3. The summed E-state index contributed by atoms with van der Waals surface area (Å²) in [6.07, 6.45) is 5.45. The van der Waals surface area contributed by atoms with Gasteiger partial charge in [0.2, 0.25) is 0 Å². The van der Waals surface area contributed by atoms with E-state index in [9.17, 15) is 28.5 Å². The number of nitrogens with one attached hydrogen (secondary N) is 4. The van der Waals surface area contributed by atoms with Crippen molar-refractivity contribution in [1.29, 1.82) is 0 Å². The summed E-state index contributed by atoms with van der Waals surface area (Å²) in [6.45, 7) is 1.45. The first-order valence-electron chi connectivity index (χ1n) is 24.5. The third-order valence-corrected chi connectivity index (χ3v) is 13.3. The highest BCUT2D eigenvalue weighted by Gasteiger charge is 2.55. The Morgan fingerprint density at radius 2 is 1.03 bits per heavy atom. The van der Waals surface area contributed by atoms with Crippen LogP contribution in [0.1, 0.15) is 36.9 Å². The van der Waals surface area contributed by atoms with Gasteiger partial charge in [0.05, 0.1) is 25.9 Å². The number of phosphoric acid groups is 2. The Labute approximate surface area is 448 Å². The number of aromatic nitrogens is 8. The Morgan fingerprint density at radius 3 is 1.47 bits per heavy atom. The molecule has 4 aromatic heterocycles. The summed E-state index contributed by atoms with van der Waals surface area (Å²) in [5, 5.41) is 10.7. The lowest BCUT2D eigenvalue weighted by Gasteiger charge is -2.22. The van der Waals surface area contributed by atoms with E-state index in [0.717, 1.165) is 17.5 Å². The molecule has 4 amide bonds. The van der Waals surface area contributed by atoms with Gasteiger partial charge >= 0.3 is 12.1 Å². The lowest BCUT2D eigenvalue weighted by atomic mass is 10.1. The summed E-state index contributed by atoms with van der Waals surface area (Å²) in [4.78, 5) is 91.1. The molecule has 0 bridgehead atoms. The fourth-order valence-electron chi connectivity index (χ4n) is 8.90. The molecule has 30 heteroatoms. The molecule has 3 aromatic carbocycles. The monoisotopic (exact) mass is 1120 g/mol. The van der Waals surface area contributed by atoms with Crippen molar-refractivity contribution in [2.75, 3.05) is 35.7 Å². The number of benzene rings is 3. The number of carbonyl (C=O) groups is 2. The molecule has 0 aliphatic carbocycles. The van der Waals surface area contributed by atoms with E-state index in [1.807, 2.05) is 85.8 Å². The lowest BCUT2D eigenvalue weighted by Crippen LogP contribution is -2.32. The molecule has 28 nitrogen and oxygen atoms in total. The highest BCUT2D eigenvalue weighted by molar-refractivity contribution is 7.45. The number of phosphoric ester groups is 2. The van der Waals surface area contributed by atoms with Crippen molar-refractivity contribution < 1.29 is 75.8 Å². The highest BCUT2D eigenvalue weighted by Crippen LogP contribution is 2.45. The second-order valence-electron chi connectivity index (χ2n) is 17.8. The molecule has 0 spiro atoms. The van der Waals surface area contributed by atoms with Crippen molar-refractivity contribution >= 4 is 79.5 Å². The number of nitrogens with zero attached hydrogens (tertiary/aromatic N) is 8. The van der Waals surface area contributed by atoms with Gasteiger partial charge in [0, 0.05) is 12.2 Å². The molecule has 414 valence electrons. The normalized spacial score (nSPS) is 25.8. The average Bonchev–Trinajstić information content (AvgIpc) is 4.51. The zero-order valence-electron chi connectivity index (χ0n) is 41.5. The van der Waals surface area contributed by atoms with Crippen molar-refractivity contribution in [1.82, 2.24) is 44.4 Å². The number of urea groups is 2. The minimum Gasteiger partial charge on any atom is -0.756 e. The Kier molecular flexibility index (Phi) is 17.0. The third kappa shape index (κ3) is 13.6. The van der Waals surface area contributed by atoms with E-state index in [2.05, 4.69) is 60.2 Å². The molecular formula is C49H50N12O16P2-2. The first kappa shape index (κ1) is 55.1. The highest BCUT2D eigenvalue weighted by atomic mass is 31.2. The molecular weight excluding hydrogens is 1070 g/mol. The molecule has 4 aliphatic heterocycles. The van der Waals surface area contributed by atoms with Crippen molar-refractivity contribution in [3.05, 3.63) is 140 Å². The van der Waals surface area contributed by atoms with Gasteiger partial charge in [-0.25, -0.2) is 39.5 Å². The molecule has 6 N–H and O–H groups in total. The van der Waals surface area contributed by atoms with Crippen molar-refractivity contribution in [3.63, 3.8) is 0 Å². The maximum Gasteiger partial charge on any atom is 0.324 e. The van der Waals surface area contributed by atoms with E-state index in [0.29, 0.717) is 29.0 Å². The van der Waals surface area contributed by atoms with Crippen LogP contribution >= 0.6 is 15.6 Å². The summed E-state index contributed by atoms with van der Waals surface area (Å²) < 4.78 is 71.4. The van der Waals surface area contributed by atoms with Gasteiger partial charge in [-0.15, -0.1) is 0 Å². The number of ether oxygens (including phenoxy) is 6. The van der Waals surface area contributed by atoms with E-state index < -0.39 is 103 Å². The molecule has 0 radical (unpaired) electrons. The number of amides is 4. The lowest BCUT2D eigenvalue weighted by molar-refractivity contribution is -0.225. The van der Waals surface area contributed by atoms with Gasteiger partial charge < -0.3 is 67.7 Å². The smallest absolute Gasteiger partial charge is 0.324 e. The molecule has 7 aromatic rings. The van der Waals surface area contributed by atoms with Gasteiger partial charge in [-0.1, -0.05) is 97.9 Å². The second-order valence-corrected chi connectivity index (χ2v) is 20.1. The zero-order chi connectivity index (χ0) is 55.1. The van der Waals surface area contributed by atoms with Gasteiger partial charge in [-0.05, 0) is 41.8 Å². The van der Waals surface area contributed by atoms with E-state index >= 15 is 0 Å². The first-order valence-corrected chi connectivity index (χ1v) is 27.4. The van der Waals surface area contributed by atoms with E-state index in [-0.39, 0.29) is 17.2 Å². The average molecular weight is 1120 g/mol. The van der Waals surface area contributed by atoms with Crippen LogP contribution in [0.3, 0.4) is 0 Å². The quantitative estimate of drug-likeness (QED) is 0.0695. The molecule has 12 atom stereocenters. The molecule has 4 saturated heterocycles. The maximum absolute atomic E-state index is 12.6.